The number of H-pyrrole nitrogens is 1. The first-order valence-electron chi connectivity index (χ1n) is 10.3. The van der Waals surface area contributed by atoms with Crippen LogP contribution in [0, 0.1) is 5.82 Å². The van der Waals surface area contributed by atoms with Gasteiger partial charge in [0.1, 0.15) is 17.4 Å². The van der Waals surface area contributed by atoms with Crippen molar-refractivity contribution in [3.05, 3.63) is 71.6 Å². The molecule has 0 saturated carbocycles. The van der Waals surface area contributed by atoms with Gasteiger partial charge in [-0.3, -0.25) is 9.89 Å². The van der Waals surface area contributed by atoms with Crippen molar-refractivity contribution >= 4 is 11.6 Å². The SMILES string of the molecule is CN(C)c1cccc(OCC(=O)N2CCCC2c2n[nH]c(Cc3ccc(F)cc3)n2)c1. The lowest BCUT2D eigenvalue weighted by atomic mass is 10.1. The monoisotopic (exact) mass is 423 g/mol. The lowest BCUT2D eigenvalue weighted by Gasteiger charge is -2.22. The molecule has 1 saturated heterocycles. The zero-order valence-electron chi connectivity index (χ0n) is 17.7. The summed E-state index contributed by atoms with van der Waals surface area (Å²) >= 11 is 0. The molecule has 1 fully saturated rings. The van der Waals surface area contributed by atoms with E-state index in [4.69, 9.17) is 4.74 Å². The van der Waals surface area contributed by atoms with Gasteiger partial charge in [0.2, 0.25) is 0 Å². The quantitative estimate of drug-likeness (QED) is 0.631. The van der Waals surface area contributed by atoms with Crippen LogP contribution in [0.3, 0.4) is 0 Å². The van der Waals surface area contributed by atoms with Gasteiger partial charge < -0.3 is 14.5 Å². The third-order valence-corrected chi connectivity index (χ3v) is 5.40. The van der Waals surface area contributed by atoms with E-state index in [1.54, 1.807) is 17.0 Å². The highest BCUT2D eigenvalue weighted by molar-refractivity contribution is 5.78. The summed E-state index contributed by atoms with van der Waals surface area (Å²) in [5.41, 5.74) is 1.95. The number of carbonyl (C=O) groups excluding carboxylic acids is 1. The summed E-state index contributed by atoms with van der Waals surface area (Å²) in [6.45, 7) is 0.632. The van der Waals surface area contributed by atoms with E-state index in [9.17, 15) is 9.18 Å². The van der Waals surface area contributed by atoms with Crippen LogP contribution in [0.5, 0.6) is 5.75 Å². The van der Waals surface area contributed by atoms with Gasteiger partial charge in [-0.05, 0) is 42.7 Å². The number of ether oxygens (including phenoxy) is 1. The van der Waals surface area contributed by atoms with Crippen LogP contribution >= 0.6 is 0 Å². The molecule has 8 heteroatoms. The highest BCUT2D eigenvalue weighted by Crippen LogP contribution is 2.30. The lowest BCUT2D eigenvalue weighted by molar-refractivity contribution is -0.134. The first-order chi connectivity index (χ1) is 15.0. The third kappa shape index (κ3) is 5.02. The average molecular weight is 423 g/mol. The molecule has 1 unspecified atom stereocenters. The highest BCUT2D eigenvalue weighted by Gasteiger charge is 2.33. The fourth-order valence-corrected chi connectivity index (χ4v) is 3.75. The van der Waals surface area contributed by atoms with Gasteiger partial charge >= 0.3 is 0 Å². The molecule has 1 atom stereocenters. The summed E-state index contributed by atoms with van der Waals surface area (Å²) in [5, 5.41) is 7.29. The standard InChI is InChI=1S/C23H26FN5O2/c1-28(2)18-5-3-6-19(14-18)31-15-22(30)29-12-4-7-20(29)23-25-21(26-27-23)13-16-8-10-17(24)11-9-16/h3,5-6,8-11,14,20H,4,7,12-13,15H2,1-2H3,(H,25,26,27). The molecule has 162 valence electrons. The molecule has 1 aromatic heterocycles. The fourth-order valence-electron chi connectivity index (χ4n) is 3.75. The first-order valence-corrected chi connectivity index (χ1v) is 10.3. The summed E-state index contributed by atoms with van der Waals surface area (Å²) in [6, 6.07) is 13.8. The first kappa shape index (κ1) is 20.8. The summed E-state index contributed by atoms with van der Waals surface area (Å²) in [5.74, 6) is 1.62. The molecule has 7 nitrogen and oxygen atoms in total. The predicted octanol–water partition coefficient (Wildman–Crippen LogP) is 3.34. The molecule has 0 bridgehead atoms. The molecule has 4 rings (SSSR count). The topological polar surface area (TPSA) is 74.3 Å². The molecule has 1 amide bonds. The van der Waals surface area contributed by atoms with Crippen molar-refractivity contribution in [3.63, 3.8) is 0 Å². The Kier molecular flexibility index (Phi) is 6.16. The van der Waals surface area contributed by atoms with E-state index in [-0.39, 0.29) is 24.4 Å². The van der Waals surface area contributed by atoms with Gasteiger partial charge in [0.25, 0.3) is 5.91 Å². The number of nitrogens with zero attached hydrogens (tertiary/aromatic N) is 4. The fraction of sp³-hybridized carbons (Fsp3) is 0.348. The van der Waals surface area contributed by atoms with Crippen LogP contribution in [0.2, 0.25) is 0 Å². The van der Waals surface area contributed by atoms with Crippen molar-refractivity contribution in [1.82, 2.24) is 20.1 Å². The molecule has 2 aromatic carbocycles. The molecule has 3 aromatic rings. The molecule has 0 spiro atoms. The minimum Gasteiger partial charge on any atom is -0.484 e. The Balaban J connectivity index is 1.38. The van der Waals surface area contributed by atoms with E-state index in [0.29, 0.717) is 30.4 Å². The van der Waals surface area contributed by atoms with Crippen LogP contribution < -0.4 is 9.64 Å². The van der Waals surface area contributed by atoms with Crippen molar-refractivity contribution in [1.29, 1.82) is 0 Å². The van der Waals surface area contributed by atoms with Crippen molar-refractivity contribution in [2.24, 2.45) is 0 Å². The summed E-state index contributed by atoms with van der Waals surface area (Å²) in [6.07, 6.45) is 2.24. The number of anilines is 1. The maximum atomic E-state index is 13.1. The second-order valence-electron chi connectivity index (χ2n) is 7.87. The number of rotatable bonds is 7. The minimum atomic E-state index is -0.266. The normalized spacial score (nSPS) is 15.8. The van der Waals surface area contributed by atoms with Gasteiger partial charge in [0, 0.05) is 38.8 Å². The number of carbonyl (C=O) groups is 1. The van der Waals surface area contributed by atoms with Gasteiger partial charge in [0.05, 0.1) is 6.04 Å². The molecule has 31 heavy (non-hydrogen) atoms. The summed E-state index contributed by atoms with van der Waals surface area (Å²) in [7, 11) is 3.92. The van der Waals surface area contributed by atoms with Gasteiger partial charge in [-0.25, -0.2) is 9.37 Å². The van der Waals surface area contributed by atoms with Gasteiger partial charge in [-0.1, -0.05) is 18.2 Å². The van der Waals surface area contributed by atoms with Crippen molar-refractivity contribution in [3.8, 4) is 5.75 Å². The Hall–Kier alpha value is -3.42. The molecular formula is C23H26FN5O2. The molecule has 0 aliphatic carbocycles. The van der Waals surface area contributed by atoms with Crippen molar-refractivity contribution < 1.29 is 13.9 Å². The lowest BCUT2D eigenvalue weighted by Crippen LogP contribution is -2.35. The number of halogens is 1. The van der Waals surface area contributed by atoms with Gasteiger partial charge in [-0.2, -0.15) is 5.10 Å². The van der Waals surface area contributed by atoms with Crippen molar-refractivity contribution in [2.75, 3.05) is 32.1 Å². The molecule has 1 aliphatic heterocycles. The zero-order chi connectivity index (χ0) is 21.8. The molecule has 1 aliphatic rings. The van der Waals surface area contributed by atoms with Crippen molar-refractivity contribution in [2.45, 2.75) is 25.3 Å². The summed E-state index contributed by atoms with van der Waals surface area (Å²) < 4.78 is 18.8. The number of benzene rings is 2. The molecular weight excluding hydrogens is 397 g/mol. The van der Waals surface area contributed by atoms with E-state index in [2.05, 4.69) is 15.2 Å². The van der Waals surface area contributed by atoms with E-state index < -0.39 is 0 Å². The largest absolute Gasteiger partial charge is 0.484 e. The Morgan fingerprint density at radius 2 is 2.06 bits per heavy atom. The molecule has 2 heterocycles. The van der Waals surface area contributed by atoms with E-state index in [0.717, 1.165) is 24.1 Å². The Labute approximate surface area is 180 Å². The third-order valence-electron chi connectivity index (χ3n) is 5.40. The van der Waals surface area contributed by atoms with E-state index in [1.165, 1.54) is 12.1 Å². The van der Waals surface area contributed by atoms with Crippen LogP contribution in [0.15, 0.2) is 48.5 Å². The van der Waals surface area contributed by atoms with Gasteiger partial charge in [0.15, 0.2) is 12.4 Å². The summed E-state index contributed by atoms with van der Waals surface area (Å²) in [4.78, 5) is 21.2. The molecule has 1 N–H and O–H groups in total. The zero-order valence-corrected chi connectivity index (χ0v) is 17.7. The second-order valence-corrected chi connectivity index (χ2v) is 7.87. The Morgan fingerprint density at radius 1 is 1.26 bits per heavy atom. The van der Waals surface area contributed by atoms with Gasteiger partial charge in [-0.15, -0.1) is 0 Å². The average Bonchev–Trinajstić information content (AvgIpc) is 3.43. The smallest absolute Gasteiger partial charge is 0.261 e. The maximum absolute atomic E-state index is 13.1. The predicted molar refractivity (Wildman–Crippen MR) is 116 cm³/mol. The Morgan fingerprint density at radius 3 is 2.84 bits per heavy atom. The number of amides is 1. The van der Waals surface area contributed by atoms with E-state index in [1.807, 2.05) is 43.3 Å². The van der Waals surface area contributed by atoms with E-state index >= 15 is 0 Å². The van der Waals surface area contributed by atoms with Crippen LogP contribution in [0.4, 0.5) is 10.1 Å². The highest BCUT2D eigenvalue weighted by atomic mass is 19.1. The number of hydrogen-bond donors (Lipinski definition) is 1. The number of nitrogens with one attached hydrogen (secondary N) is 1. The number of aromatic amines is 1. The number of aromatic nitrogens is 3. The maximum Gasteiger partial charge on any atom is 0.261 e. The van der Waals surface area contributed by atoms with Crippen LogP contribution in [0.1, 0.15) is 36.1 Å². The molecule has 0 radical (unpaired) electrons. The van der Waals surface area contributed by atoms with Crippen LogP contribution in [-0.4, -0.2) is 53.2 Å². The Bertz CT molecular complexity index is 1030. The van der Waals surface area contributed by atoms with Crippen LogP contribution in [0.25, 0.3) is 0 Å². The second kappa shape index (κ2) is 9.16. The number of likely N-dealkylation sites (tertiary alicyclic amines) is 1. The minimum absolute atomic E-state index is 0.0275. The van der Waals surface area contributed by atoms with Crippen LogP contribution in [-0.2, 0) is 11.2 Å². The number of hydrogen-bond acceptors (Lipinski definition) is 5.